The standard InChI is InChI=1S/C12H15F3O2/c1-10(2)6-4-5-11(10,3)8(16)7(6)9(17)12(13,14)15/h6,17H,4-5H2,1-3H3/b9-7-/t6-,11-/m1/s1. The molecule has 5 heteroatoms. The molecule has 96 valence electrons. The highest BCUT2D eigenvalue weighted by molar-refractivity contribution is 6.05. The Hall–Kier alpha value is -1.00. The van der Waals surface area contributed by atoms with Gasteiger partial charge in [-0.3, -0.25) is 4.79 Å². The number of hydrogen-bond donors (Lipinski definition) is 1. The lowest BCUT2D eigenvalue weighted by atomic mass is 9.70. The Balaban J connectivity index is 2.60. The zero-order chi connectivity index (χ0) is 13.2. The van der Waals surface area contributed by atoms with Gasteiger partial charge in [0.05, 0.1) is 0 Å². The van der Waals surface area contributed by atoms with Crippen molar-refractivity contribution in [1.82, 2.24) is 0 Å². The van der Waals surface area contributed by atoms with Crippen molar-refractivity contribution in [2.45, 2.75) is 39.8 Å². The van der Waals surface area contributed by atoms with Crippen molar-refractivity contribution in [2.75, 3.05) is 0 Å². The van der Waals surface area contributed by atoms with Gasteiger partial charge in [-0.1, -0.05) is 20.8 Å². The van der Waals surface area contributed by atoms with Gasteiger partial charge in [-0.05, 0) is 24.2 Å². The second-order valence-electron chi connectivity index (χ2n) is 5.73. The molecule has 2 saturated carbocycles. The van der Waals surface area contributed by atoms with E-state index in [0.29, 0.717) is 12.8 Å². The third-order valence-corrected chi connectivity index (χ3v) is 4.84. The van der Waals surface area contributed by atoms with E-state index in [0.717, 1.165) is 0 Å². The zero-order valence-electron chi connectivity index (χ0n) is 9.98. The largest absolute Gasteiger partial charge is 0.504 e. The summed E-state index contributed by atoms with van der Waals surface area (Å²) in [4.78, 5) is 12.1. The molecular weight excluding hydrogens is 233 g/mol. The van der Waals surface area contributed by atoms with Crippen molar-refractivity contribution < 1.29 is 23.1 Å². The van der Waals surface area contributed by atoms with Crippen molar-refractivity contribution >= 4 is 5.78 Å². The van der Waals surface area contributed by atoms with Crippen LogP contribution in [-0.2, 0) is 4.79 Å². The van der Waals surface area contributed by atoms with E-state index >= 15 is 0 Å². The number of carbonyl (C=O) groups is 1. The third-order valence-electron chi connectivity index (χ3n) is 4.84. The number of allylic oxidation sites excluding steroid dienone is 2. The van der Waals surface area contributed by atoms with E-state index < -0.39 is 40.0 Å². The molecule has 0 aromatic rings. The Kier molecular flexibility index (Phi) is 2.24. The number of ketones is 1. The van der Waals surface area contributed by atoms with Crippen molar-refractivity contribution in [2.24, 2.45) is 16.7 Å². The molecule has 2 atom stereocenters. The Morgan fingerprint density at radius 2 is 1.88 bits per heavy atom. The molecule has 2 aliphatic carbocycles. The van der Waals surface area contributed by atoms with Gasteiger partial charge in [-0.15, -0.1) is 0 Å². The summed E-state index contributed by atoms with van der Waals surface area (Å²) in [6.45, 7) is 5.31. The molecule has 2 bridgehead atoms. The lowest BCUT2D eigenvalue weighted by Gasteiger charge is -2.31. The van der Waals surface area contributed by atoms with Gasteiger partial charge in [0.25, 0.3) is 0 Å². The number of Topliss-reactive ketones (excluding diaryl/α,β-unsaturated/α-hetero) is 1. The molecule has 17 heavy (non-hydrogen) atoms. The van der Waals surface area contributed by atoms with Crippen LogP contribution in [0.5, 0.6) is 0 Å². The van der Waals surface area contributed by atoms with E-state index in [-0.39, 0.29) is 0 Å². The minimum atomic E-state index is -4.83. The Morgan fingerprint density at radius 1 is 1.35 bits per heavy atom. The quantitative estimate of drug-likeness (QED) is 0.527. The van der Waals surface area contributed by atoms with Crippen LogP contribution in [0, 0.1) is 16.7 Å². The van der Waals surface area contributed by atoms with Crippen LogP contribution in [-0.4, -0.2) is 17.1 Å². The maximum absolute atomic E-state index is 12.5. The summed E-state index contributed by atoms with van der Waals surface area (Å²) in [6, 6.07) is 0. The highest BCUT2D eigenvalue weighted by Gasteiger charge is 2.66. The highest BCUT2D eigenvalue weighted by atomic mass is 19.4. The molecule has 2 aliphatic rings. The van der Waals surface area contributed by atoms with E-state index in [1.165, 1.54) is 0 Å². The third kappa shape index (κ3) is 1.31. The summed E-state index contributed by atoms with van der Waals surface area (Å²) >= 11 is 0. The number of halogens is 3. The average Bonchev–Trinajstić information content (AvgIpc) is 2.47. The summed E-state index contributed by atoms with van der Waals surface area (Å²) in [5.41, 5.74) is -1.69. The Labute approximate surface area is 97.5 Å². The van der Waals surface area contributed by atoms with E-state index in [2.05, 4.69) is 0 Å². The van der Waals surface area contributed by atoms with Crippen LogP contribution < -0.4 is 0 Å². The maximum atomic E-state index is 12.5. The number of aliphatic hydroxyl groups is 1. The van der Waals surface area contributed by atoms with E-state index in [1.807, 2.05) is 0 Å². The molecular formula is C12H15F3O2. The van der Waals surface area contributed by atoms with Crippen LogP contribution in [0.1, 0.15) is 33.6 Å². The van der Waals surface area contributed by atoms with Crippen molar-refractivity contribution in [3.8, 4) is 0 Å². The van der Waals surface area contributed by atoms with Crippen LogP contribution >= 0.6 is 0 Å². The van der Waals surface area contributed by atoms with Crippen molar-refractivity contribution in [3.63, 3.8) is 0 Å². The maximum Gasteiger partial charge on any atom is 0.449 e. The SMILES string of the molecule is CC1(C)[C@@H]2CC[C@]1(C)C(=O)/C2=C(\O)C(F)(F)F. The number of aliphatic hydroxyl groups excluding tert-OH is 1. The van der Waals surface area contributed by atoms with Crippen LogP contribution in [0.25, 0.3) is 0 Å². The summed E-state index contributed by atoms with van der Waals surface area (Å²) in [5.74, 6) is -2.71. The first-order chi connectivity index (χ1) is 7.53. The second-order valence-corrected chi connectivity index (χ2v) is 5.73. The smallest absolute Gasteiger partial charge is 0.449 e. The first kappa shape index (κ1) is 12.5. The minimum absolute atomic E-state index is 0.406. The fourth-order valence-corrected chi connectivity index (χ4v) is 3.29. The molecule has 0 aliphatic heterocycles. The molecule has 1 N–H and O–H groups in total. The Morgan fingerprint density at radius 3 is 2.24 bits per heavy atom. The summed E-state index contributed by atoms with van der Waals surface area (Å²) < 4.78 is 37.5. The van der Waals surface area contributed by atoms with Crippen LogP contribution in [0.4, 0.5) is 13.2 Å². The molecule has 0 aromatic carbocycles. The number of fused-ring (bicyclic) bond motifs is 2. The lowest BCUT2D eigenvalue weighted by Crippen LogP contribution is -2.32. The molecule has 2 nitrogen and oxygen atoms in total. The van der Waals surface area contributed by atoms with E-state index in [1.54, 1.807) is 20.8 Å². The molecule has 2 fully saturated rings. The van der Waals surface area contributed by atoms with E-state index in [9.17, 15) is 23.1 Å². The molecule has 0 spiro atoms. The van der Waals surface area contributed by atoms with Crippen molar-refractivity contribution in [3.05, 3.63) is 11.3 Å². The predicted octanol–water partition coefficient (Wildman–Crippen LogP) is 3.39. The lowest BCUT2D eigenvalue weighted by molar-refractivity contribution is -0.131. The fraction of sp³-hybridized carbons (Fsp3) is 0.750. The summed E-state index contributed by atoms with van der Waals surface area (Å²) in [5, 5.41) is 9.26. The molecule has 0 unspecified atom stereocenters. The zero-order valence-corrected chi connectivity index (χ0v) is 9.98. The van der Waals surface area contributed by atoms with Gasteiger partial charge < -0.3 is 5.11 Å². The number of carbonyl (C=O) groups excluding carboxylic acids is 1. The molecule has 2 rings (SSSR count). The number of rotatable bonds is 0. The van der Waals surface area contributed by atoms with Gasteiger partial charge in [0.15, 0.2) is 5.78 Å². The minimum Gasteiger partial charge on any atom is -0.504 e. The number of alkyl halides is 3. The highest BCUT2D eigenvalue weighted by Crippen LogP contribution is 2.66. The van der Waals surface area contributed by atoms with Crippen molar-refractivity contribution in [1.29, 1.82) is 0 Å². The summed E-state index contributed by atoms with van der Waals surface area (Å²) in [6.07, 6.45) is -3.70. The van der Waals surface area contributed by atoms with Gasteiger partial charge in [-0.25, -0.2) is 0 Å². The van der Waals surface area contributed by atoms with Crippen LogP contribution in [0.15, 0.2) is 11.3 Å². The monoisotopic (exact) mass is 248 g/mol. The predicted molar refractivity (Wildman–Crippen MR) is 55.3 cm³/mol. The fourth-order valence-electron chi connectivity index (χ4n) is 3.29. The van der Waals surface area contributed by atoms with Gasteiger partial charge in [0.1, 0.15) is 0 Å². The van der Waals surface area contributed by atoms with Gasteiger partial charge in [0, 0.05) is 11.0 Å². The molecule has 0 saturated heterocycles. The van der Waals surface area contributed by atoms with Crippen LogP contribution in [0.3, 0.4) is 0 Å². The van der Waals surface area contributed by atoms with E-state index in [4.69, 9.17) is 0 Å². The summed E-state index contributed by atoms with van der Waals surface area (Å²) in [7, 11) is 0. The Bertz CT molecular complexity index is 420. The molecule has 0 radical (unpaired) electrons. The second kappa shape index (κ2) is 3.06. The van der Waals surface area contributed by atoms with Gasteiger partial charge in [0.2, 0.25) is 5.76 Å². The number of hydrogen-bond acceptors (Lipinski definition) is 2. The van der Waals surface area contributed by atoms with Gasteiger partial charge >= 0.3 is 6.18 Å². The molecule has 0 aromatic heterocycles. The molecule has 0 amide bonds. The van der Waals surface area contributed by atoms with Gasteiger partial charge in [-0.2, -0.15) is 13.2 Å². The normalized spacial score (nSPS) is 38.7. The van der Waals surface area contributed by atoms with Crippen LogP contribution in [0.2, 0.25) is 0 Å². The topological polar surface area (TPSA) is 37.3 Å². The molecule has 0 heterocycles. The average molecular weight is 248 g/mol. The first-order valence-corrected chi connectivity index (χ1v) is 5.58. The first-order valence-electron chi connectivity index (χ1n) is 5.58.